The number of hydrogen-bond acceptors (Lipinski definition) is 2. The Morgan fingerprint density at radius 1 is 1.13 bits per heavy atom. The van der Waals surface area contributed by atoms with Crippen LogP contribution < -0.4 is 0 Å². The molecule has 2 N–H and O–H groups in total. The molecule has 0 aromatic heterocycles. The summed E-state index contributed by atoms with van der Waals surface area (Å²) < 4.78 is 0. The van der Waals surface area contributed by atoms with Gasteiger partial charge in [0.2, 0.25) is 0 Å². The molecule has 1 aromatic rings. The van der Waals surface area contributed by atoms with Crippen LogP contribution in [0.3, 0.4) is 0 Å². The molecule has 0 bridgehead atoms. The Bertz CT molecular complexity index is 408. The van der Waals surface area contributed by atoms with Crippen LogP contribution in [0.15, 0.2) is 48.6 Å². The van der Waals surface area contributed by atoms with Crippen LogP contribution in [0.1, 0.15) is 5.56 Å². The standard InChI is InChI=1S/C12H11ClO2/c13-10-6-4-9(5-7-10)12(15)8-2-1-3-11(12)14/h1-8,11,14-15H. The van der Waals surface area contributed by atoms with Gasteiger partial charge in [0.1, 0.15) is 11.7 Å². The lowest BCUT2D eigenvalue weighted by Crippen LogP contribution is -2.37. The van der Waals surface area contributed by atoms with Gasteiger partial charge in [-0.2, -0.15) is 0 Å². The molecule has 78 valence electrons. The Hall–Kier alpha value is -1.09. The molecular formula is C12H11ClO2. The molecule has 0 saturated heterocycles. The highest BCUT2D eigenvalue weighted by Crippen LogP contribution is 2.30. The van der Waals surface area contributed by atoms with E-state index < -0.39 is 11.7 Å². The van der Waals surface area contributed by atoms with E-state index in [4.69, 9.17) is 11.6 Å². The molecule has 0 saturated carbocycles. The Labute approximate surface area is 93.1 Å². The largest absolute Gasteiger partial charge is 0.385 e. The van der Waals surface area contributed by atoms with E-state index in [0.717, 1.165) is 0 Å². The topological polar surface area (TPSA) is 40.5 Å². The molecule has 2 atom stereocenters. The van der Waals surface area contributed by atoms with E-state index in [1.54, 1.807) is 48.6 Å². The average molecular weight is 223 g/mol. The third-order valence-electron chi connectivity index (χ3n) is 2.51. The number of aliphatic hydroxyl groups excluding tert-OH is 1. The zero-order valence-corrected chi connectivity index (χ0v) is 8.72. The van der Waals surface area contributed by atoms with Gasteiger partial charge >= 0.3 is 0 Å². The van der Waals surface area contributed by atoms with Crippen molar-refractivity contribution in [2.45, 2.75) is 11.7 Å². The predicted molar refractivity (Wildman–Crippen MR) is 59.6 cm³/mol. The summed E-state index contributed by atoms with van der Waals surface area (Å²) in [5.74, 6) is 0. The maximum atomic E-state index is 10.3. The minimum absolute atomic E-state index is 0.604. The van der Waals surface area contributed by atoms with Crippen molar-refractivity contribution in [2.24, 2.45) is 0 Å². The fourth-order valence-electron chi connectivity index (χ4n) is 1.60. The second-order valence-electron chi connectivity index (χ2n) is 3.52. The molecule has 0 aliphatic heterocycles. The first-order chi connectivity index (χ1) is 7.13. The Balaban J connectivity index is 2.41. The molecule has 0 heterocycles. The van der Waals surface area contributed by atoms with Crippen LogP contribution >= 0.6 is 11.6 Å². The van der Waals surface area contributed by atoms with Crippen molar-refractivity contribution in [3.05, 3.63) is 59.2 Å². The van der Waals surface area contributed by atoms with E-state index in [0.29, 0.717) is 10.6 Å². The van der Waals surface area contributed by atoms with Crippen molar-refractivity contribution < 1.29 is 10.2 Å². The van der Waals surface area contributed by atoms with Gasteiger partial charge in [-0.15, -0.1) is 0 Å². The zero-order valence-electron chi connectivity index (χ0n) is 7.97. The van der Waals surface area contributed by atoms with Crippen LogP contribution in [0.5, 0.6) is 0 Å². The highest BCUT2D eigenvalue weighted by atomic mass is 35.5. The van der Waals surface area contributed by atoms with Gasteiger partial charge in [0, 0.05) is 5.02 Å². The van der Waals surface area contributed by atoms with Gasteiger partial charge in [-0.3, -0.25) is 0 Å². The van der Waals surface area contributed by atoms with E-state index in [-0.39, 0.29) is 0 Å². The molecule has 2 nitrogen and oxygen atoms in total. The van der Waals surface area contributed by atoms with Crippen LogP contribution in [0.2, 0.25) is 5.02 Å². The van der Waals surface area contributed by atoms with Gasteiger partial charge in [-0.1, -0.05) is 42.0 Å². The fourth-order valence-corrected chi connectivity index (χ4v) is 1.73. The van der Waals surface area contributed by atoms with E-state index in [9.17, 15) is 10.2 Å². The lowest BCUT2D eigenvalue weighted by atomic mass is 9.85. The second-order valence-corrected chi connectivity index (χ2v) is 3.96. The highest BCUT2D eigenvalue weighted by Gasteiger charge is 2.34. The van der Waals surface area contributed by atoms with E-state index in [1.807, 2.05) is 0 Å². The number of hydrogen-bond donors (Lipinski definition) is 2. The molecule has 1 aliphatic rings. The van der Waals surface area contributed by atoms with Crippen LogP contribution in [0.25, 0.3) is 0 Å². The maximum absolute atomic E-state index is 10.3. The minimum atomic E-state index is -1.35. The summed E-state index contributed by atoms with van der Waals surface area (Å²) in [6, 6.07) is 6.78. The lowest BCUT2D eigenvalue weighted by Gasteiger charge is -2.30. The van der Waals surface area contributed by atoms with E-state index in [2.05, 4.69) is 0 Å². The monoisotopic (exact) mass is 222 g/mol. The van der Waals surface area contributed by atoms with Crippen molar-refractivity contribution in [3.8, 4) is 0 Å². The SMILES string of the molecule is OC1C=CC=CC1(O)c1ccc(Cl)cc1. The van der Waals surface area contributed by atoms with Gasteiger partial charge in [-0.05, 0) is 23.8 Å². The van der Waals surface area contributed by atoms with Crippen LogP contribution in [-0.2, 0) is 5.60 Å². The molecule has 0 spiro atoms. The quantitative estimate of drug-likeness (QED) is 0.763. The highest BCUT2D eigenvalue weighted by molar-refractivity contribution is 6.30. The molecule has 0 amide bonds. The van der Waals surface area contributed by atoms with Crippen LogP contribution in [0, 0.1) is 0 Å². The normalized spacial score (nSPS) is 29.4. The second kappa shape index (κ2) is 3.81. The summed E-state index contributed by atoms with van der Waals surface area (Å²) in [4.78, 5) is 0. The van der Waals surface area contributed by atoms with Gasteiger partial charge in [-0.25, -0.2) is 0 Å². The van der Waals surface area contributed by atoms with E-state index in [1.165, 1.54) is 0 Å². The zero-order chi connectivity index (χ0) is 10.9. The number of allylic oxidation sites excluding steroid dienone is 2. The third kappa shape index (κ3) is 1.84. The summed E-state index contributed by atoms with van der Waals surface area (Å²) in [5.41, 5.74) is -0.723. The van der Waals surface area contributed by atoms with Gasteiger partial charge < -0.3 is 10.2 Å². The average Bonchev–Trinajstić information content (AvgIpc) is 2.23. The molecule has 15 heavy (non-hydrogen) atoms. The van der Waals surface area contributed by atoms with Crippen LogP contribution in [-0.4, -0.2) is 16.3 Å². The van der Waals surface area contributed by atoms with Gasteiger partial charge in [0.15, 0.2) is 0 Å². The predicted octanol–water partition coefficient (Wildman–Crippen LogP) is 2.01. The van der Waals surface area contributed by atoms with Crippen molar-refractivity contribution >= 4 is 11.6 Å². The number of aliphatic hydroxyl groups is 2. The summed E-state index contributed by atoms with van der Waals surface area (Å²) >= 11 is 5.76. The van der Waals surface area contributed by atoms with Gasteiger partial charge in [0.25, 0.3) is 0 Å². The lowest BCUT2D eigenvalue weighted by molar-refractivity contribution is -0.0194. The summed E-state index contributed by atoms with van der Waals surface area (Å²) in [6.45, 7) is 0. The number of benzene rings is 1. The van der Waals surface area contributed by atoms with Crippen LogP contribution in [0.4, 0.5) is 0 Å². The van der Waals surface area contributed by atoms with Gasteiger partial charge in [0.05, 0.1) is 0 Å². The molecule has 1 aliphatic carbocycles. The van der Waals surface area contributed by atoms with Crippen molar-refractivity contribution in [1.29, 1.82) is 0 Å². The molecular weight excluding hydrogens is 212 g/mol. The maximum Gasteiger partial charge on any atom is 0.137 e. The molecule has 0 fully saturated rings. The minimum Gasteiger partial charge on any atom is -0.385 e. The molecule has 3 heteroatoms. The Kier molecular flexibility index (Phi) is 2.65. The Morgan fingerprint density at radius 3 is 2.40 bits per heavy atom. The fraction of sp³-hybridized carbons (Fsp3) is 0.167. The van der Waals surface area contributed by atoms with E-state index >= 15 is 0 Å². The van der Waals surface area contributed by atoms with Crippen molar-refractivity contribution in [3.63, 3.8) is 0 Å². The Morgan fingerprint density at radius 2 is 1.80 bits per heavy atom. The first kappa shape index (κ1) is 10.4. The van der Waals surface area contributed by atoms with Crippen molar-refractivity contribution in [2.75, 3.05) is 0 Å². The first-order valence-corrected chi connectivity index (χ1v) is 5.03. The third-order valence-corrected chi connectivity index (χ3v) is 2.76. The summed E-state index contributed by atoms with van der Waals surface area (Å²) in [7, 11) is 0. The molecule has 2 rings (SSSR count). The number of halogens is 1. The van der Waals surface area contributed by atoms with Crippen molar-refractivity contribution in [1.82, 2.24) is 0 Å². The smallest absolute Gasteiger partial charge is 0.137 e. The number of rotatable bonds is 1. The molecule has 2 unspecified atom stereocenters. The molecule has 0 radical (unpaired) electrons. The summed E-state index contributed by atoms with van der Waals surface area (Å²) in [5, 5.41) is 20.6. The first-order valence-electron chi connectivity index (χ1n) is 4.65. The molecule has 1 aromatic carbocycles. The summed E-state index contributed by atoms with van der Waals surface area (Å²) in [6.07, 6.45) is 5.61.